The zero-order valence-electron chi connectivity index (χ0n) is 10.5. The van der Waals surface area contributed by atoms with E-state index in [-0.39, 0.29) is 11.7 Å². The molecule has 0 aliphatic rings. The minimum absolute atomic E-state index is 0.0222. The van der Waals surface area contributed by atoms with E-state index in [4.69, 9.17) is 34.8 Å². The second kappa shape index (κ2) is 5.58. The maximum Gasteiger partial charge on any atom is 0.179 e. The first-order valence-corrected chi connectivity index (χ1v) is 6.98. The summed E-state index contributed by atoms with van der Waals surface area (Å²) in [5, 5.41) is 0.988. The van der Waals surface area contributed by atoms with Gasteiger partial charge in [-0.25, -0.2) is 0 Å². The summed E-state index contributed by atoms with van der Waals surface area (Å²) in [7, 11) is 0. The molecule has 0 N–H and O–H groups in total. The van der Waals surface area contributed by atoms with E-state index < -0.39 is 0 Å². The van der Waals surface area contributed by atoms with Crippen LogP contribution < -0.4 is 0 Å². The van der Waals surface area contributed by atoms with Crippen molar-refractivity contribution in [2.24, 2.45) is 0 Å². The van der Waals surface area contributed by atoms with Crippen molar-refractivity contribution >= 4 is 40.6 Å². The molecule has 0 spiro atoms. The number of hydrogen-bond acceptors (Lipinski definition) is 1. The second-order valence-electron chi connectivity index (χ2n) is 4.28. The highest BCUT2D eigenvalue weighted by Gasteiger charge is 2.16. The second-order valence-corrected chi connectivity index (χ2v) is 5.36. The van der Waals surface area contributed by atoms with E-state index in [0.717, 1.165) is 17.1 Å². The van der Waals surface area contributed by atoms with Crippen molar-refractivity contribution in [3.8, 4) is 5.69 Å². The highest BCUT2D eigenvalue weighted by molar-refractivity contribution is 6.42. The van der Waals surface area contributed by atoms with Crippen LogP contribution in [0.15, 0.2) is 24.3 Å². The Bertz CT molecular complexity index is 646. The van der Waals surface area contributed by atoms with Crippen LogP contribution >= 0.6 is 34.8 Å². The van der Waals surface area contributed by atoms with Crippen LogP contribution in [-0.4, -0.2) is 16.2 Å². The van der Waals surface area contributed by atoms with E-state index >= 15 is 0 Å². The molecule has 100 valence electrons. The van der Waals surface area contributed by atoms with Gasteiger partial charge in [0.2, 0.25) is 0 Å². The molecule has 0 aliphatic carbocycles. The fourth-order valence-corrected chi connectivity index (χ4v) is 2.57. The fourth-order valence-electron chi connectivity index (χ4n) is 2.14. The maximum absolute atomic E-state index is 11.8. The number of aryl methyl sites for hydroxylation is 1. The van der Waals surface area contributed by atoms with Gasteiger partial charge in [-0.05, 0) is 38.1 Å². The van der Waals surface area contributed by atoms with Gasteiger partial charge < -0.3 is 4.57 Å². The monoisotopic (exact) mass is 315 g/mol. The Hall–Kier alpha value is -0.960. The van der Waals surface area contributed by atoms with Crippen molar-refractivity contribution in [3.05, 3.63) is 51.3 Å². The van der Waals surface area contributed by atoms with Gasteiger partial charge in [-0.3, -0.25) is 4.79 Å². The van der Waals surface area contributed by atoms with E-state index in [9.17, 15) is 4.79 Å². The molecule has 2 aromatic rings. The summed E-state index contributed by atoms with van der Waals surface area (Å²) in [6, 6.07) is 7.21. The van der Waals surface area contributed by atoms with E-state index in [1.165, 1.54) is 0 Å². The molecule has 0 atom stereocenters. The number of ketones is 1. The molecule has 0 fully saturated rings. The minimum Gasteiger partial charge on any atom is -0.318 e. The van der Waals surface area contributed by atoms with E-state index in [1.54, 1.807) is 12.1 Å². The molecular weight excluding hydrogens is 305 g/mol. The fraction of sp³-hybridized carbons (Fsp3) is 0.214. The van der Waals surface area contributed by atoms with Crippen LogP contribution in [0, 0.1) is 13.8 Å². The highest BCUT2D eigenvalue weighted by atomic mass is 35.5. The van der Waals surface area contributed by atoms with Crippen molar-refractivity contribution in [1.82, 2.24) is 4.57 Å². The van der Waals surface area contributed by atoms with E-state index in [2.05, 4.69) is 0 Å². The molecule has 5 heteroatoms. The van der Waals surface area contributed by atoms with Gasteiger partial charge in [-0.1, -0.05) is 23.2 Å². The van der Waals surface area contributed by atoms with Gasteiger partial charge >= 0.3 is 0 Å². The molecule has 0 saturated heterocycles. The van der Waals surface area contributed by atoms with Crippen molar-refractivity contribution in [2.75, 3.05) is 5.88 Å². The SMILES string of the molecule is Cc1cc(C(=O)CCl)c(C)n1-c1ccc(Cl)c(Cl)c1. The zero-order chi connectivity index (χ0) is 14.2. The Morgan fingerprint density at radius 3 is 2.42 bits per heavy atom. The van der Waals surface area contributed by atoms with Crippen LogP contribution in [-0.2, 0) is 0 Å². The average Bonchev–Trinajstić information content (AvgIpc) is 2.68. The lowest BCUT2D eigenvalue weighted by Crippen LogP contribution is -2.04. The Balaban J connectivity index is 2.59. The van der Waals surface area contributed by atoms with Crippen molar-refractivity contribution < 1.29 is 4.79 Å². The number of halogens is 3. The largest absolute Gasteiger partial charge is 0.318 e. The van der Waals surface area contributed by atoms with Crippen LogP contribution in [0.5, 0.6) is 0 Å². The first-order valence-electron chi connectivity index (χ1n) is 5.69. The number of Topliss-reactive ketones (excluding diaryl/α,β-unsaturated/α-hetero) is 1. The Labute approximate surface area is 126 Å². The summed E-state index contributed by atoms with van der Waals surface area (Å²) in [5.41, 5.74) is 3.31. The summed E-state index contributed by atoms with van der Waals surface area (Å²) in [4.78, 5) is 11.8. The lowest BCUT2D eigenvalue weighted by atomic mass is 10.2. The third kappa shape index (κ3) is 2.66. The van der Waals surface area contributed by atoms with E-state index in [0.29, 0.717) is 15.6 Å². The van der Waals surface area contributed by atoms with Gasteiger partial charge in [-0.2, -0.15) is 0 Å². The molecule has 2 rings (SSSR count). The van der Waals surface area contributed by atoms with Gasteiger partial charge in [0.25, 0.3) is 0 Å². The van der Waals surface area contributed by atoms with Crippen LogP contribution in [0.4, 0.5) is 0 Å². The normalized spacial score (nSPS) is 10.8. The van der Waals surface area contributed by atoms with Gasteiger partial charge in [0.15, 0.2) is 5.78 Å². The minimum atomic E-state index is -0.0823. The molecule has 0 radical (unpaired) electrons. The number of nitrogens with zero attached hydrogens (tertiary/aromatic N) is 1. The molecule has 1 heterocycles. The van der Waals surface area contributed by atoms with Crippen LogP contribution in [0.2, 0.25) is 10.0 Å². The first-order chi connectivity index (χ1) is 8.95. The maximum atomic E-state index is 11.8. The van der Waals surface area contributed by atoms with Crippen LogP contribution in [0.1, 0.15) is 21.7 Å². The molecule has 0 aliphatic heterocycles. The quantitative estimate of drug-likeness (QED) is 0.587. The highest BCUT2D eigenvalue weighted by Crippen LogP contribution is 2.27. The van der Waals surface area contributed by atoms with Crippen LogP contribution in [0.3, 0.4) is 0 Å². The molecule has 19 heavy (non-hydrogen) atoms. The van der Waals surface area contributed by atoms with Crippen molar-refractivity contribution in [3.63, 3.8) is 0 Å². The summed E-state index contributed by atoms with van der Waals surface area (Å²) >= 11 is 17.6. The van der Waals surface area contributed by atoms with Gasteiger partial charge in [0, 0.05) is 22.6 Å². The van der Waals surface area contributed by atoms with Gasteiger partial charge in [-0.15, -0.1) is 11.6 Å². The molecule has 0 bridgehead atoms. The number of alkyl halides is 1. The average molecular weight is 317 g/mol. The molecule has 0 saturated carbocycles. The lowest BCUT2D eigenvalue weighted by molar-refractivity contribution is 0.102. The number of hydrogen-bond donors (Lipinski definition) is 0. The first kappa shape index (κ1) is 14.4. The van der Waals surface area contributed by atoms with Gasteiger partial charge in [0.05, 0.1) is 15.9 Å². The summed E-state index contributed by atoms with van der Waals surface area (Å²) in [6.07, 6.45) is 0. The molecular formula is C14H12Cl3NO. The number of rotatable bonds is 3. The predicted molar refractivity (Wildman–Crippen MR) is 80.3 cm³/mol. The molecule has 2 nitrogen and oxygen atoms in total. The van der Waals surface area contributed by atoms with Crippen molar-refractivity contribution in [1.29, 1.82) is 0 Å². The summed E-state index contributed by atoms with van der Waals surface area (Å²) in [5.74, 6) is -0.104. The summed E-state index contributed by atoms with van der Waals surface area (Å²) in [6.45, 7) is 3.82. The lowest BCUT2D eigenvalue weighted by Gasteiger charge is -2.10. The predicted octanol–water partition coefficient (Wildman–Crippen LogP) is 4.82. The van der Waals surface area contributed by atoms with Gasteiger partial charge in [0.1, 0.15) is 0 Å². The van der Waals surface area contributed by atoms with E-state index in [1.807, 2.05) is 30.5 Å². The molecule has 1 aromatic heterocycles. The third-order valence-electron chi connectivity index (χ3n) is 3.01. The Morgan fingerprint density at radius 1 is 1.16 bits per heavy atom. The molecule has 0 unspecified atom stereocenters. The third-order valence-corrected chi connectivity index (χ3v) is 4.00. The Morgan fingerprint density at radius 2 is 1.84 bits per heavy atom. The number of carbonyl (C=O) groups excluding carboxylic acids is 1. The number of benzene rings is 1. The topological polar surface area (TPSA) is 22.0 Å². The van der Waals surface area contributed by atoms with Crippen LogP contribution in [0.25, 0.3) is 5.69 Å². The summed E-state index contributed by atoms with van der Waals surface area (Å²) < 4.78 is 1.96. The number of carbonyl (C=O) groups is 1. The molecule has 1 aromatic carbocycles. The van der Waals surface area contributed by atoms with Crippen molar-refractivity contribution in [2.45, 2.75) is 13.8 Å². The number of aromatic nitrogens is 1. The standard InChI is InChI=1S/C14H12Cl3NO/c1-8-5-11(14(19)7-15)9(2)18(8)10-3-4-12(16)13(17)6-10/h3-6H,7H2,1-2H3. The molecule has 0 amide bonds. The Kier molecular flexibility index (Phi) is 4.24. The smallest absolute Gasteiger partial charge is 0.179 e. The zero-order valence-corrected chi connectivity index (χ0v) is 12.8.